The zero-order chi connectivity index (χ0) is 20.1. The largest absolute Gasteiger partial charge is 0.426 e. The Morgan fingerprint density at radius 2 is 2.26 bits per heavy atom. The van der Waals surface area contributed by atoms with Crippen LogP contribution >= 0.6 is 0 Å². The lowest BCUT2D eigenvalue weighted by Gasteiger charge is -2.46. The molecular formula is C23H30N2O2. The van der Waals surface area contributed by atoms with Gasteiger partial charge in [-0.2, -0.15) is 0 Å². The molecule has 0 spiro atoms. The first-order valence-electron chi connectivity index (χ1n) is 10.6. The Kier molecular flexibility index (Phi) is 4.52. The molecule has 0 saturated carbocycles. The number of carbonyl (C=O) groups is 1. The molecule has 1 fully saturated rings. The summed E-state index contributed by atoms with van der Waals surface area (Å²) < 4.78 is 15.0. The molecule has 1 N–H and O–H groups in total. The predicted molar refractivity (Wildman–Crippen MR) is 109 cm³/mol. The van der Waals surface area contributed by atoms with Crippen molar-refractivity contribution in [1.29, 1.82) is 0 Å². The third-order valence-corrected chi connectivity index (χ3v) is 6.45. The van der Waals surface area contributed by atoms with E-state index in [9.17, 15) is 6.17 Å². The number of benzene rings is 1. The number of nitrogens with zero attached hydrogens (tertiary/aromatic N) is 1. The number of fused-ring (bicyclic) bond motifs is 5. The van der Waals surface area contributed by atoms with Crippen LogP contribution in [0.15, 0.2) is 29.8 Å². The van der Waals surface area contributed by atoms with Crippen molar-refractivity contribution in [2.45, 2.75) is 53.0 Å². The second kappa shape index (κ2) is 7.16. The number of esters is 1. The van der Waals surface area contributed by atoms with E-state index in [0.29, 0.717) is 17.6 Å². The molecular weight excluding hydrogens is 336 g/mol. The van der Waals surface area contributed by atoms with Gasteiger partial charge in [-0.1, -0.05) is 31.1 Å². The molecule has 4 nitrogen and oxygen atoms in total. The molecule has 0 aliphatic carbocycles. The number of hydrogen-bond acceptors (Lipinski definition) is 3. The number of rotatable bonds is 3. The van der Waals surface area contributed by atoms with Gasteiger partial charge in [-0.3, -0.25) is 9.69 Å². The summed E-state index contributed by atoms with van der Waals surface area (Å²) in [5.74, 6) is 1.31. The molecule has 0 amide bonds. The molecule has 3 heterocycles. The minimum absolute atomic E-state index is 0.312. The average Bonchev–Trinajstić information content (AvgIpc) is 3.07. The summed E-state index contributed by atoms with van der Waals surface area (Å²) in [6.45, 7) is 9.84. The second-order valence-corrected chi connectivity index (χ2v) is 7.91. The smallest absolute Gasteiger partial charge is 0.308 e. The van der Waals surface area contributed by atoms with Gasteiger partial charge in [-0.15, -0.1) is 0 Å². The van der Waals surface area contributed by atoms with Gasteiger partial charge >= 0.3 is 5.97 Å². The Morgan fingerprint density at radius 1 is 1.44 bits per heavy atom. The highest BCUT2D eigenvalue weighted by Crippen LogP contribution is 2.46. The summed E-state index contributed by atoms with van der Waals surface area (Å²) in [5, 5.41) is 0.968. The fraction of sp³-hybridized carbons (Fsp3) is 0.522. The summed E-state index contributed by atoms with van der Waals surface area (Å²) in [6.07, 6.45) is 5.01. The SMILES string of the molecule is [2H][C@@]12C[C@H](/C(C)=C\C)[C@H](CC)CN1CCc1c2[nH]c2cccc(OC(C)=O)c12. The number of hydrogen-bond donors (Lipinski definition) is 1. The van der Waals surface area contributed by atoms with Crippen LogP contribution in [0.3, 0.4) is 0 Å². The molecule has 144 valence electrons. The number of nitrogens with one attached hydrogen (secondary N) is 1. The maximum atomic E-state index is 11.6. The van der Waals surface area contributed by atoms with Crippen molar-refractivity contribution in [3.63, 3.8) is 0 Å². The lowest BCUT2D eigenvalue weighted by atomic mass is 9.74. The van der Waals surface area contributed by atoms with E-state index in [1.54, 1.807) is 0 Å². The molecule has 0 bridgehead atoms. The maximum Gasteiger partial charge on any atom is 0.308 e. The van der Waals surface area contributed by atoms with Gasteiger partial charge in [0, 0.05) is 36.6 Å². The van der Waals surface area contributed by atoms with Gasteiger partial charge in [0.1, 0.15) is 5.75 Å². The van der Waals surface area contributed by atoms with E-state index >= 15 is 0 Å². The van der Waals surface area contributed by atoms with Crippen LogP contribution in [0.5, 0.6) is 5.75 Å². The number of ether oxygens (including phenoxy) is 1. The predicted octanol–water partition coefficient (Wildman–Crippen LogP) is 5.00. The van der Waals surface area contributed by atoms with E-state index < -0.39 is 6.02 Å². The van der Waals surface area contributed by atoms with Gasteiger partial charge in [0.05, 0.1) is 7.39 Å². The molecule has 27 heavy (non-hydrogen) atoms. The number of aromatic amines is 1. The second-order valence-electron chi connectivity index (χ2n) is 7.91. The van der Waals surface area contributed by atoms with Crippen molar-refractivity contribution in [1.82, 2.24) is 9.88 Å². The van der Waals surface area contributed by atoms with Crippen LogP contribution in [0.4, 0.5) is 0 Å². The molecule has 1 saturated heterocycles. The molecule has 4 rings (SSSR count). The molecule has 2 aliphatic rings. The number of piperidine rings is 1. The lowest BCUT2D eigenvalue weighted by molar-refractivity contribution is -0.131. The normalized spacial score (nSPS) is 29.2. The molecule has 2 aliphatic heterocycles. The van der Waals surface area contributed by atoms with Gasteiger partial charge in [-0.25, -0.2) is 0 Å². The molecule has 4 heteroatoms. The lowest BCUT2D eigenvalue weighted by Crippen LogP contribution is -2.46. The number of aromatic nitrogens is 1. The fourth-order valence-corrected chi connectivity index (χ4v) is 4.94. The van der Waals surface area contributed by atoms with Crippen molar-refractivity contribution >= 4 is 16.9 Å². The first-order valence-corrected chi connectivity index (χ1v) is 10.1. The zero-order valence-corrected chi connectivity index (χ0v) is 16.8. The van der Waals surface area contributed by atoms with Gasteiger partial charge < -0.3 is 9.72 Å². The highest BCUT2D eigenvalue weighted by molar-refractivity contribution is 5.92. The van der Waals surface area contributed by atoms with Crippen LogP contribution < -0.4 is 4.74 Å². The van der Waals surface area contributed by atoms with Crippen LogP contribution in [-0.4, -0.2) is 28.9 Å². The summed E-state index contributed by atoms with van der Waals surface area (Å²) in [4.78, 5) is 17.5. The third kappa shape index (κ3) is 3.10. The fourth-order valence-electron chi connectivity index (χ4n) is 4.94. The van der Waals surface area contributed by atoms with E-state index in [-0.39, 0.29) is 5.97 Å². The van der Waals surface area contributed by atoms with Gasteiger partial charge in [0.15, 0.2) is 0 Å². The number of carbonyl (C=O) groups excluding carboxylic acids is 1. The average molecular weight is 368 g/mol. The highest BCUT2D eigenvalue weighted by atomic mass is 16.5. The van der Waals surface area contributed by atoms with Gasteiger partial charge in [0.25, 0.3) is 0 Å². The van der Waals surface area contributed by atoms with E-state index in [1.165, 1.54) is 12.5 Å². The van der Waals surface area contributed by atoms with Gasteiger partial charge in [0.2, 0.25) is 0 Å². The van der Waals surface area contributed by atoms with Crippen molar-refractivity contribution in [3.05, 3.63) is 41.1 Å². The maximum absolute atomic E-state index is 11.6. The Labute approximate surface area is 163 Å². The molecule has 2 aromatic rings. The first kappa shape index (κ1) is 17.1. The van der Waals surface area contributed by atoms with E-state index in [1.807, 2.05) is 18.2 Å². The minimum Gasteiger partial charge on any atom is -0.426 e. The molecule has 1 aromatic heterocycles. The van der Waals surface area contributed by atoms with Crippen molar-refractivity contribution < 1.29 is 10.9 Å². The number of allylic oxidation sites excluding steroid dienone is 2. The standard InChI is InChI=1S/C23H30N2O2/c1-5-14(3)18-12-20-23-17(10-11-25(20)13-16(18)6-2)22-19(24-23)8-7-9-21(22)27-15(4)26/h5,7-9,16,18,20,24H,6,10-13H2,1-4H3/b14-5-/t16-,18-,20+/m1/s1/i20D. The Morgan fingerprint density at radius 3 is 2.96 bits per heavy atom. The quantitative estimate of drug-likeness (QED) is 0.471. The molecule has 0 radical (unpaired) electrons. The summed E-state index contributed by atoms with van der Waals surface area (Å²) >= 11 is 0. The van der Waals surface area contributed by atoms with Crippen LogP contribution in [0, 0.1) is 11.8 Å². The summed E-state index contributed by atoms with van der Waals surface area (Å²) in [7, 11) is 0. The van der Waals surface area contributed by atoms with Crippen LogP contribution in [0.1, 0.15) is 59.2 Å². The van der Waals surface area contributed by atoms with Crippen molar-refractivity contribution in [3.8, 4) is 5.75 Å². The Hall–Kier alpha value is -2.07. The highest BCUT2D eigenvalue weighted by Gasteiger charge is 2.40. The Bertz CT molecular complexity index is 947. The monoisotopic (exact) mass is 367 g/mol. The van der Waals surface area contributed by atoms with Gasteiger partial charge in [-0.05, 0) is 56.2 Å². The summed E-state index contributed by atoms with van der Waals surface area (Å²) in [5.41, 5.74) is 4.47. The molecule has 0 unspecified atom stereocenters. The minimum atomic E-state index is -0.763. The van der Waals surface area contributed by atoms with Crippen molar-refractivity contribution in [2.24, 2.45) is 11.8 Å². The van der Waals surface area contributed by atoms with Crippen LogP contribution in [0.2, 0.25) is 0 Å². The van der Waals surface area contributed by atoms with E-state index in [2.05, 4.69) is 36.7 Å². The summed E-state index contributed by atoms with van der Waals surface area (Å²) in [6, 6.07) is 5.00. The van der Waals surface area contributed by atoms with Crippen molar-refractivity contribution in [2.75, 3.05) is 13.1 Å². The van der Waals surface area contributed by atoms with Crippen LogP contribution in [-0.2, 0) is 11.2 Å². The number of H-pyrrole nitrogens is 1. The topological polar surface area (TPSA) is 45.3 Å². The van der Waals surface area contributed by atoms with E-state index in [0.717, 1.165) is 54.5 Å². The van der Waals surface area contributed by atoms with Crippen LogP contribution in [0.25, 0.3) is 10.9 Å². The molecule has 3 atom stereocenters. The zero-order valence-electron chi connectivity index (χ0n) is 17.8. The Balaban J connectivity index is 1.84. The first-order chi connectivity index (χ1) is 13.4. The molecule has 1 aromatic carbocycles. The third-order valence-electron chi connectivity index (χ3n) is 6.45. The van der Waals surface area contributed by atoms with E-state index in [4.69, 9.17) is 4.74 Å².